The quantitative estimate of drug-likeness (QED) is 0.700. The first-order valence-electron chi connectivity index (χ1n) is 3.30. The van der Waals surface area contributed by atoms with Gasteiger partial charge in [0.15, 0.2) is 0 Å². The Morgan fingerprint density at radius 1 is 1.33 bits per heavy atom. The van der Waals surface area contributed by atoms with Crippen LogP contribution in [0.25, 0.3) is 0 Å². The minimum absolute atomic E-state index is 0.111. The van der Waals surface area contributed by atoms with Gasteiger partial charge in [0.2, 0.25) is 9.84 Å². The zero-order chi connectivity index (χ0) is 9.19. The Labute approximate surface area is 71.4 Å². The molecule has 1 rings (SSSR count). The number of sulfone groups is 1. The second kappa shape index (κ2) is 2.98. The van der Waals surface area contributed by atoms with Gasteiger partial charge in [-0.2, -0.15) is 0 Å². The zero-order valence-corrected chi connectivity index (χ0v) is 7.21. The average Bonchev–Trinajstić information content (AvgIpc) is 2.05. The first-order valence-corrected chi connectivity index (χ1v) is 4.84. The summed E-state index contributed by atoms with van der Waals surface area (Å²) in [7, 11) is -3.39. The van der Waals surface area contributed by atoms with Crippen molar-refractivity contribution in [3.05, 3.63) is 36.3 Å². The van der Waals surface area contributed by atoms with E-state index in [2.05, 4.69) is 6.58 Å². The van der Waals surface area contributed by atoms with E-state index < -0.39 is 9.84 Å². The lowest BCUT2D eigenvalue weighted by Gasteiger charge is -2.01. The van der Waals surface area contributed by atoms with E-state index in [9.17, 15) is 8.42 Å². The van der Waals surface area contributed by atoms with Crippen LogP contribution in [0.5, 0.6) is 0 Å². The highest BCUT2D eigenvalue weighted by Gasteiger charge is 2.11. The van der Waals surface area contributed by atoms with Crippen molar-refractivity contribution in [2.75, 3.05) is 5.73 Å². The van der Waals surface area contributed by atoms with Gasteiger partial charge in [-0.05, 0) is 12.1 Å². The predicted octanol–water partition coefficient (Wildman–Crippen LogP) is 1.19. The van der Waals surface area contributed by atoms with Crippen LogP contribution in [0, 0.1) is 0 Å². The van der Waals surface area contributed by atoms with Crippen LogP contribution in [-0.2, 0) is 9.84 Å². The van der Waals surface area contributed by atoms with Gasteiger partial charge >= 0.3 is 0 Å². The number of anilines is 1. The molecular formula is C8H9NO2S. The van der Waals surface area contributed by atoms with Crippen molar-refractivity contribution in [3.63, 3.8) is 0 Å². The van der Waals surface area contributed by atoms with E-state index in [0.717, 1.165) is 5.41 Å². The predicted molar refractivity (Wildman–Crippen MR) is 48.2 cm³/mol. The van der Waals surface area contributed by atoms with E-state index in [4.69, 9.17) is 5.73 Å². The van der Waals surface area contributed by atoms with Crippen molar-refractivity contribution in [1.29, 1.82) is 0 Å². The second-order valence-corrected chi connectivity index (χ2v) is 4.11. The molecule has 0 heterocycles. The first kappa shape index (κ1) is 8.80. The van der Waals surface area contributed by atoms with Crippen LogP contribution < -0.4 is 5.73 Å². The van der Waals surface area contributed by atoms with E-state index in [1.807, 2.05) is 0 Å². The molecule has 0 bridgehead atoms. The molecule has 0 amide bonds. The summed E-state index contributed by atoms with van der Waals surface area (Å²) in [5, 5.41) is 0.888. The van der Waals surface area contributed by atoms with Crippen LogP contribution in [0.3, 0.4) is 0 Å². The molecule has 0 aliphatic carbocycles. The number of benzene rings is 1. The summed E-state index contributed by atoms with van der Waals surface area (Å²) in [6.07, 6.45) is 0. The third-order valence-corrected chi connectivity index (χ3v) is 2.87. The third kappa shape index (κ3) is 1.48. The molecular weight excluding hydrogens is 174 g/mol. The lowest BCUT2D eigenvalue weighted by Crippen LogP contribution is -2.00. The van der Waals surface area contributed by atoms with E-state index in [1.54, 1.807) is 12.1 Å². The van der Waals surface area contributed by atoms with Gasteiger partial charge in [0.25, 0.3) is 0 Å². The number of nitrogen functional groups attached to an aromatic ring is 1. The Bertz CT molecular complexity index is 395. The molecule has 0 radical (unpaired) electrons. The molecule has 0 saturated heterocycles. The molecule has 4 heteroatoms. The Hall–Kier alpha value is -1.29. The lowest BCUT2D eigenvalue weighted by atomic mass is 10.3. The summed E-state index contributed by atoms with van der Waals surface area (Å²) in [6.45, 7) is 3.21. The molecule has 12 heavy (non-hydrogen) atoms. The van der Waals surface area contributed by atoms with Gasteiger partial charge in [-0.25, -0.2) is 8.42 Å². The molecule has 0 aliphatic rings. The van der Waals surface area contributed by atoms with Crippen LogP contribution in [0.1, 0.15) is 0 Å². The molecule has 1 aromatic rings. The molecule has 64 valence electrons. The fraction of sp³-hybridized carbons (Fsp3) is 0. The average molecular weight is 183 g/mol. The SMILES string of the molecule is C=CS(=O)(=O)c1ccccc1N. The molecule has 0 saturated carbocycles. The van der Waals surface area contributed by atoms with E-state index in [-0.39, 0.29) is 10.6 Å². The van der Waals surface area contributed by atoms with Crippen LogP contribution in [0.2, 0.25) is 0 Å². The van der Waals surface area contributed by atoms with Crippen molar-refractivity contribution < 1.29 is 8.42 Å². The molecule has 3 nitrogen and oxygen atoms in total. The van der Waals surface area contributed by atoms with Crippen molar-refractivity contribution in [3.8, 4) is 0 Å². The van der Waals surface area contributed by atoms with Crippen molar-refractivity contribution in [2.24, 2.45) is 0 Å². The number of para-hydroxylation sites is 1. The van der Waals surface area contributed by atoms with Crippen molar-refractivity contribution in [1.82, 2.24) is 0 Å². The van der Waals surface area contributed by atoms with Gasteiger partial charge in [0.1, 0.15) is 0 Å². The summed E-state index contributed by atoms with van der Waals surface area (Å²) in [5.74, 6) is 0. The Kier molecular flexibility index (Phi) is 2.19. The van der Waals surface area contributed by atoms with Crippen LogP contribution in [-0.4, -0.2) is 8.42 Å². The number of rotatable bonds is 2. The molecule has 2 N–H and O–H groups in total. The lowest BCUT2D eigenvalue weighted by molar-refractivity contribution is 0.605. The minimum Gasteiger partial charge on any atom is -0.398 e. The van der Waals surface area contributed by atoms with Crippen LogP contribution in [0.4, 0.5) is 5.69 Å². The number of hydrogen-bond donors (Lipinski definition) is 1. The van der Waals surface area contributed by atoms with Crippen LogP contribution in [0.15, 0.2) is 41.1 Å². The topological polar surface area (TPSA) is 60.2 Å². The maximum atomic E-state index is 11.2. The minimum atomic E-state index is -3.39. The summed E-state index contributed by atoms with van der Waals surface area (Å²) >= 11 is 0. The maximum Gasteiger partial charge on any atom is 0.201 e. The van der Waals surface area contributed by atoms with Gasteiger partial charge in [0.05, 0.1) is 10.6 Å². The molecule has 0 aromatic heterocycles. The first-order chi connectivity index (χ1) is 5.58. The zero-order valence-electron chi connectivity index (χ0n) is 6.40. The summed E-state index contributed by atoms with van der Waals surface area (Å²) < 4.78 is 22.4. The fourth-order valence-corrected chi connectivity index (χ4v) is 1.67. The van der Waals surface area contributed by atoms with Gasteiger partial charge in [-0.15, -0.1) is 0 Å². The highest BCUT2D eigenvalue weighted by molar-refractivity contribution is 7.94. The molecule has 0 fully saturated rings. The molecule has 1 aromatic carbocycles. The Morgan fingerprint density at radius 2 is 1.92 bits per heavy atom. The molecule has 0 unspecified atom stereocenters. The second-order valence-electron chi connectivity index (χ2n) is 2.25. The van der Waals surface area contributed by atoms with Crippen molar-refractivity contribution >= 4 is 15.5 Å². The van der Waals surface area contributed by atoms with Gasteiger partial charge in [-0.3, -0.25) is 0 Å². The van der Waals surface area contributed by atoms with Crippen LogP contribution >= 0.6 is 0 Å². The number of hydrogen-bond acceptors (Lipinski definition) is 3. The van der Waals surface area contributed by atoms with Gasteiger partial charge in [-0.1, -0.05) is 18.7 Å². The Balaban J connectivity index is 3.39. The summed E-state index contributed by atoms with van der Waals surface area (Å²) in [5.41, 5.74) is 5.70. The van der Waals surface area contributed by atoms with Gasteiger partial charge < -0.3 is 5.73 Å². The highest BCUT2D eigenvalue weighted by atomic mass is 32.2. The molecule has 0 spiro atoms. The third-order valence-electron chi connectivity index (χ3n) is 1.44. The summed E-state index contributed by atoms with van der Waals surface area (Å²) in [6, 6.07) is 6.28. The van der Waals surface area contributed by atoms with E-state index in [1.165, 1.54) is 12.1 Å². The van der Waals surface area contributed by atoms with Crippen molar-refractivity contribution in [2.45, 2.75) is 4.90 Å². The Morgan fingerprint density at radius 3 is 2.42 bits per heavy atom. The summed E-state index contributed by atoms with van der Waals surface area (Å²) in [4.78, 5) is 0.111. The monoisotopic (exact) mass is 183 g/mol. The standard InChI is InChI=1S/C8H9NO2S/c1-2-12(10,11)8-6-4-3-5-7(8)9/h2-6H,1,9H2. The normalized spacial score (nSPS) is 11.0. The smallest absolute Gasteiger partial charge is 0.201 e. The number of nitrogens with two attached hydrogens (primary N) is 1. The van der Waals surface area contributed by atoms with Gasteiger partial charge in [0, 0.05) is 5.41 Å². The molecule has 0 atom stereocenters. The van der Waals surface area contributed by atoms with E-state index in [0.29, 0.717) is 0 Å². The largest absolute Gasteiger partial charge is 0.398 e. The molecule has 0 aliphatic heterocycles. The highest BCUT2D eigenvalue weighted by Crippen LogP contribution is 2.18. The fourth-order valence-electron chi connectivity index (χ4n) is 0.829. The maximum absolute atomic E-state index is 11.2. The van der Waals surface area contributed by atoms with E-state index >= 15 is 0 Å².